The lowest BCUT2D eigenvalue weighted by Crippen LogP contribution is -2.22. The molecule has 0 bridgehead atoms. The van der Waals surface area contributed by atoms with E-state index in [0.717, 1.165) is 0 Å². The molecule has 0 aliphatic heterocycles. The normalized spacial score (nSPS) is 10.4. The number of imidazole rings is 1. The van der Waals surface area contributed by atoms with E-state index >= 15 is 0 Å². The number of ether oxygens (including phenoxy) is 1. The van der Waals surface area contributed by atoms with Gasteiger partial charge >= 0.3 is 5.97 Å². The number of Topliss-reactive ketones (excluding diaryl/α,β-unsaturated/α-hetero) is 1. The standard InChI is InChI=1S/C20H16FN3O4/c1-13(25)16-4-2-3-5-17(16)23-19(26)11-28-20(27)18-10-22-12-24(18)15-8-6-14(21)7-9-15/h2-10,12H,11H2,1H3,(H,23,26). The second kappa shape index (κ2) is 8.26. The van der Waals surface area contributed by atoms with Crippen LogP contribution in [-0.4, -0.2) is 33.8 Å². The number of rotatable bonds is 6. The molecule has 0 atom stereocenters. The molecule has 0 aliphatic rings. The van der Waals surface area contributed by atoms with Crippen LogP contribution in [0.5, 0.6) is 0 Å². The molecule has 0 radical (unpaired) electrons. The van der Waals surface area contributed by atoms with Crippen molar-refractivity contribution in [2.45, 2.75) is 6.92 Å². The van der Waals surface area contributed by atoms with Crippen LogP contribution in [0, 0.1) is 5.82 Å². The van der Waals surface area contributed by atoms with E-state index in [4.69, 9.17) is 4.74 Å². The Hall–Kier alpha value is -3.81. The van der Waals surface area contributed by atoms with Gasteiger partial charge in [0.05, 0.1) is 18.2 Å². The fourth-order valence-electron chi connectivity index (χ4n) is 2.54. The van der Waals surface area contributed by atoms with E-state index in [1.807, 2.05) is 0 Å². The van der Waals surface area contributed by atoms with Crippen molar-refractivity contribution in [2.75, 3.05) is 11.9 Å². The molecule has 0 aliphatic carbocycles. The second-order valence-electron chi connectivity index (χ2n) is 5.85. The Morgan fingerprint density at radius 3 is 2.54 bits per heavy atom. The van der Waals surface area contributed by atoms with Gasteiger partial charge in [-0.05, 0) is 43.3 Å². The molecule has 0 saturated carbocycles. The smallest absolute Gasteiger partial charge is 0.357 e. The molecule has 7 nitrogen and oxygen atoms in total. The Labute approximate surface area is 159 Å². The van der Waals surface area contributed by atoms with Crippen molar-refractivity contribution in [1.29, 1.82) is 0 Å². The van der Waals surface area contributed by atoms with Gasteiger partial charge in [0.1, 0.15) is 5.82 Å². The van der Waals surface area contributed by atoms with Crippen molar-refractivity contribution >= 4 is 23.3 Å². The van der Waals surface area contributed by atoms with Crippen LogP contribution in [-0.2, 0) is 9.53 Å². The number of hydrogen-bond acceptors (Lipinski definition) is 5. The molecule has 0 unspecified atom stereocenters. The van der Waals surface area contributed by atoms with E-state index in [2.05, 4.69) is 10.3 Å². The first kappa shape index (κ1) is 19.0. The summed E-state index contributed by atoms with van der Waals surface area (Å²) >= 11 is 0. The molecule has 142 valence electrons. The van der Waals surface area contributed by atoms with Crippen LogP contribution in [0.15, 0.2) is 61.1 Å². The van der Waals surface area contributed by atoms with E-state index < -0.39 is 24.3 Å². The number of aromatic nitrogens is 2. The van der Waals surface area contributed by atoms with Crippen molar-refractivity contribution in [3.63, 3.8) is 0 Å². The third kappa shape index (κ3) is 4.29. The Morgan fingerprint density at radius 1 is 1.11 bits per heavy atom. The molecule has 1 heterocycles. The summed E-state index contributed by atoms with van der Waals surface area (Å²) in [6, 6.07) is 12.0. The molecule has 2 aromatic carbocycles. The van der Waals surface area contributed by atoms with Crippen LogP contribution in [0.2, 0.25) is 0 Å². The highest BCUT2D eigenvalue weighted by Crippen LogP contribution is 2.16. The largest absolute Gasteiger partial charge is 0.451 e. The van der Waals surface area contributed by atoms with Gasteiger partial charge in [-0.15, -0.1) is 0 Å². The van der Waals surface area contributed by atoms with Gasteiger partial charge in [-0.25, -0.2) is 14.2 Å². The molecule has 28 heavy (non-hydrogen) atoms. The summed E-state index contributed by atoms with van der Waals surface area (Å²) in [5, 5.41) is 2.54. The third-order valence-electron chi connectivity index (χ3n) is 3.87. The number of halogens is 1. The Balaban J connectivity index is 1.65. The number of benzene rings is 2. The first-order chi connectivity index (χ1) is 13.5. The van der Waals surface area contributed by atoms with Gasteiger partial charge in [0.25, 0.3) is 5.91 Å². The fourth-order valence-corrected chi connectivity index (χ4v) is 2.54. The van der Waals surface area contributed by atoms with E-state index in [9.17, 15) is 18.8 Å². The highest BCUT2D eigenvalue weighted by Gasteiger charge is 2.17. The van der Waals surface area contributed by atoms with Crippen LogP contribution in [0.1, 0.15) is 27.8 Å². The Kier molecular flexibility index (Phi) is 5.59. The molecule has 0 fully saturated rings. The zero-order chi connectivity index (χ0) is 20.1. The van der Waals surface area contributed by atoms with E-state index in [1.54, 1.807) is 24.3 Å². The maximum atomic E-state index is 13.1. The van der Waals surface area contributed by atoms with Gasteiger partial charge in [0, 0.05) is 11.3 Å². The molecule has 3 rings (SSSR count). The first-order valence-corrected chi connectivity index (χ1v) is 8.31. The number of ketones is 1. The highest BCUT2D eigenvalue weighted by molar-refractivity contribution is 6.04. The Morgan fingerprint density at radius 2 is 1.82 bits per heavy atom. The summed E-state index contributed by atoms with van der Waals surface area (Å²) < 4.78 is 19.5. The monoisotopic (exact) mass is 381 g/mol. The second-order valence-corrected chi connectivity index (χ2v) is 5.85. The molecule has 1 amide bonds. The number of para-hydroxylation sites is 1. The average Bonchev–Trinajstić information content (AvgIpc) is 3.17. The van der Waals surface area contributed by atoms with Crippen LogP contribution in [0.25, 0.3) is 5.69 Å². The zero-order valence-electron chi connectivity index (χ0n) is 14.9. The zero-order valence-corrected chi connectivity index (χ0v) is 14.9. The van der Waals surface area contributed by atoms with Gasteiger partial charge in [-0.3, -0.25) is 14.2 Å². The minimum Gasteiger partial charge on any atom is -0.451 e. The molecule has 8 heteroatoms. The predicted molar refractivity (Wildman–Crippen MR) is 98.9 cm³/mol. The lowest BCUT2D eigenvalue weighted by atomic mass is 10.1. The van der Waals surface area contributed by atoms with Crippen LogP contribution in [0.3, 0.4) is 0 Å². The van der Waals surface area contributed by atoms with Crippen molar-refractivity contribution in [1.82, 2.24) is 9.55 Å². The van der Waals surface area contributed by atoms with E-state index in [0.29, 0.717) is 16.9 Å². The maximum Gasteiger partial charge on any atom is 0.357 e. The van der Waals surface area contributed by atoms with Gasteiger partial charge < -0.3 is 10.1 Å². The highest BCUT2D eigenvalue weighted by atomic mass is 19.1. The minimum absolute atomic E-state index is 0.0866. The van der Waals surface area contributed by atoms with Gasteiger partial charge in [-0.2, -0.15) is 0 Å². The molecular weight excluding hydrogens is 365 g/mol. The summed E-state index contributed by atoms with van der Waals surface area (Å²) in [4.78, 5) is 39.9. The number of nitrogens with one attached hydrogen (secondary N) is 1. The topological polar surface area (TPSA) is 90.3 Å². The Bertz CT molecular complexity index is 1030. The van der Waals surface area contributed by atoms with Gasteiger partial charge in [0.15, 0.2) is 18.1 Å². The molecular formula is C20H16FN3O4. The van der Waals surface area contributed by atoms with Gasteiger partial charge in [0.2, 0.25) is 0 Å². The summed E-state index contributed by atoms with van der Waals surface area (Å²) in [5.41, 5.74) is 1.30. The lowest BCUT2D eigenvalue weighted by molar-refractivity contribution is -0.119. The van der Waals surface area contributed by atoms with E-state index in [-0.39, 0.29) is 11.5 Å². The van der Waals surface area contributed by atoms with Crippen molar-refractivity contribution < 1.29 is 23.5 Å². The number of anilines is 1. The van der Waals surface area contributed by atoms with Crippen LogP contribution in [0.4, 0.5) is 10.1 Å². The molecule has 0 saturated heterocycles. The molecule has 1 aromatic heterocycles. The van der Waals surface area contributed by atoms with Gasteiger partial charge in [-0.1, -0.05) is 12.1 Å². The average molecular weight is 381 g/mol. The lowest BCUT2D eigenvalue weighted by Gasteiger charge is -2.10. The maximum absolute atomic E-state index is 13.1. The number of amides is 1. The SMILES string of the molecule is CC(=O)c1ccccc1NC(=O)COC(=O)c1cncn1-c1ccc(F)cc1. The minimum atomic E-state index is -0.767. The number of carbonyl (C=O) groups excluding carboxylic acids is 3. The van der Waals surface area contributed by atoms with Crippen LogP contribution < -0.4 is 5.32 Å². The molecule has 1 N–H and O–H groups in total. The summed E-state index contributed by atoms with van der Waals surface area (Å²) in [6.45, 7) is 0.849. The van der Waals surface area contributed by atoms with Crippen molar-refractivity contribution in [3.05, 3.63) is 78.1 Å². The number of esters is 1. The van der Waals surface area contributed by atoms with Crippen molar-refractivity contribution in [3.8, 4) is 5.69 Å². The fraction of sp³-hybridized carbons (Fsp3) is 0.100. The first-order valence-electron chi connectivity index (χ1n) is 8.31. The number of carbonyl (C=O) groups is 3. The summed E-state index contributed by atoms with van der Waals surface area (Å²) in [7, 11) is 0. The van der Waals surface area contributed by atoms with E-state index in [1.165, 1.54) is 48.3 Å². The van der Waals surface area contributed by atoms with Crippen molar-refractivity contribution in [2.24, 2.45) is 0 Å². The summed E-state index contributed by atoms with van der Waals surface area (Å²) in [6.07, 6.45) is 2.67. The van der Waals surface area contributed by atoms with Crippen LogP contribution >= 0.6 is 0 Å². The molecule has 0 spiro atoms. The molecule has 3 aromatic rings. The third-order valence-corrected chi connectivity index (χ3v) is 3.87. The number of nitrogens with zero attached hydrogens (tertiary/aromatic N) is 2. The quantitative estimate of drug-likeness (QED) is 0.524. The number of hydrogen-bond donors (Lipinski definition) is 1. The predicted octanol–water partition coefficient (Wildman–Crippen LogP) is 3.01. The summed E-state index contributed by atoms with van der Waals surface area (Å²) in [5.74, 6) is -1.96.